The number of hydrogen-bond acceptors (Lipinski definition) is 5. The molecular weight excluding hydrogens is 524 g/mol. The first-order chi connectivity index (χ1) is 18.8. The molecule has 0 atom stereocenters. The fourth-order valence-corrected chi connectivity index (χ4v) is 4.54. The molecular formula is C28H32ClF2N7O. The van der Waals surface area contributed by atoms with Gasteiger partial charge in [0.25, 0.3) is 0 Å². The molecule has 0 fully saturated rings. The Morgan fingerprint density at radius 1 is 1.18 bits per heavy atom. The minimum absolute atomic E-state index is 0.0191. The van der Waals surface area contributed by atoms with E-state index in [-0.39, 0.29) is 10.6 Å². The van der Waals surface area contributed by atoms with Gasteiger partial charge >= 0.3 is 5.69 Å². The van der Waals surface area contributed by atoms with E-state index in [4.69, 9.17) is 23.1 Å². The highest BCUT2D eigenvalue weighted by atomic mass is 35.5. The van der Waals surface area contributed by atoms with Crippen LogP contribution in [0.1, 0.15) is 37.3 Å². The molecule has 0 unspecified atom stereocenters. The van der Waals surface area contributed by atoms with Gasteiger partial charge in [0.05, 0.1) is 22.2 Å². The Balaban J connectivity index is 1.55. The molecule has 39 heavy (non-hydrogen) atoms. The maximum atomic E-state index is 15.0. The van der Waals surface area contributed by atoms with Gasteiger partial charge in [0, 0.05) is 35.8 Å². The van der Waals surface area contributed by atoms with Crippen LogP contribution in [-0.2, 0) is 13.0 Å². The summed E-state index contributed by atoms with van der Waals surface area (Å²) in [4.78, 5) is 24.0. The molecule has 0 bridgehead atoms. The number of unbranched alkanes of at least 4 members (excludes halogenated alkanes) is 1. The Labute approximate surface area is 230 Å². The van der Waals surface area contributed by atoms with Crippen LogP contribution in [0.5, 0.6) is 0 Å². The van der Waals surface area contributed by atoms with Gasteiger partial charge in [0.2, 0.25) is 0 Å². The zero-order valence-electron chi connectivity index (χ0n) is 21.7. The third kappa shape index (κ3) is 7.08. The first-order valence-corrected chi connectivity index (χ1v) is 13.2. The fourth-order valence-electron chi connectivity index (χ4n) is 4.30. The van der Waals surface area contributed by atoms with Crippen molar-refractivity contribution in [2.45, 2.75) is 39.2 Å². The fraction of sp³-hybridized carbons (Fsp3) is 0.321. The monoisotopic (exact) mass is 555 g/mol. The summed E-state index contributed by atoms with van der Waals surface area (Å²) in [6, 6.07) is 9.64. The molecule has 0 aliphatic rings. The molecule has 6 N–H and O–H groups in total. The molecule has 2 heterocycles. The molecule has 0 saturated heterocycles. The van der Waals surface area contributed by atoms with Crippen molar-refractivity contribution in [3.8, 4) is 16.9 Å². The Morgan fingerprint density at radius 3 is 2.74 bits per heavy atom. The first-order valence-electron chi connectivity index (χ1n) is 12.8. The van der Waals surface area contributed by atoms with Crippen LogP contribution in [0.25, 0.3) is 28.0 Å². The molecule has 8 nitrogen and oxygen atoms in total. The number of fused-ring (bicyclic) bond motifs is 1. The van der Waals surface area contributed by atoms with Gasteiger partial charge in [0.15, 0.2) is 5.82 Å². The first kappa shape index (κ1) is 28.4. The summed E-state index contributed by atoms with van der Waals surface area (Å²) in [6.45, 7) is 3.93. The molecule has 0 saturated carbocycles. The summed E-state index contributed by atoms with van der Waals surface area (Å²) in [6.07, 6.45) is 4.77. The minimum atomic E-state index is -0.592. The van der Waals surface area contributed by atoms with Crippen LogP contribution in [-0.4, -0.2) is 40.0 Å². The molecule has 206 valence electrons. The number of aromatic amines is 1. The van der Waals surface area contributed by atoms with E-state index >= 15 is 0 Å². The van der Waals surface area contributed by atoms with Gasteiger partial charge in [-0.05, 0) is 81.6 Å². The quantitative estimate of drug-likeness (QED) is 0.117. The van der Waals surface area contributed by atoms with E-state index < -0.39 is 17.3 Å². The Morgan fingerprint density at radius 2 is 2.00 bits per heavy atom. The Kier molecular flexibility index (Phi) is 9.45. The number of hydrogen-bond donors (Lipinski definition) is 4. The van der Waals surface area contributed by atoms with Crippen LogP contribution in [0, 0.1) is 11.6 Å². The summed E-state index contributed by atoms with van der Waals surface area (Å²) in [5, 5.41) is 3.76. The molecule has 0 spiro atoms. The normalized spacial score (nSPS) is 12.0. The minimum Gasteiger partial charge on any atom is -0.388 e. The maximum Gasteiger partial charge on any atom is 0.354 e. The zero-order valence-corrected chi connectivity index (χ0v) is 22.5. The second-order valence-corrected chi connectivity index (χ2v) is 9.80. The van der Waals surface area contributed by atoms with E-state index in [0.29, 0.717) is 66.4 Å². The SMILES string of the molecule is CC(N)=NCCCNCc1ccc(-n2cc3cc(-c4cc(CCCCN)cc(Cl)c4F)[nH]c3nc2=O)cc1F. The Bertz CT molecular complexity index is 1540. The predicted molar refractivity (Wildman–Crippen MR) is 153 cm³/mol. The second-order valence-electron chi connectivity index (χ2n) is 9.39. The number of halogens is 3. The van der Waals surface area contributed by atoms with Crippen molar-refractivity contribution in [3.05, 3.63) is 80.9 Å². The summed E-state index contributed by atoms with van der Waals surface area (Å²) in [7, 11) is 0. The van der Waals surface area contributed by atoms with Gasteiger partial charge in [-0.1, -0.05) is 17.7 Å². The van der Waals surface area contributed by atoms with Crippen molar-refractivity contribution in [3.63, 3.8) is 0 Å². The second kappa shape index (κ2) is 13.0. The van der Waals surface area contributed by atoms with Crippen molar-refractivity contribution in [2.24, 2.45) is 16.5 Å². The standard InChI is InChI=1S/C28H32ClF2N7O/c1-17(33)35-10-4-9-34-15-19-6-7-21(14-24(19)30)38-16-20-13-25(36-27(20)37-28(38)39)22-11-18(5-2-3-8-32)12-23(29)26(22)31/h6-7,11-14,16,34H,2-5,8-10,15,32H2,1H3,(H2,33,35)(H,36,37,39). The van der Waals surface area contributed by atoms with Gasteiger partial charge < -0.3 is 21.8 Å². The number of benzene rings is 2. The van der Waals surface area contributed by atoms with Crippen LogP contribution in [0.15, 0.2) is 52.4 Å². The largest absolute Gasteiger partial charge is 0.388 e. The lowest BCUT2D eigenvalue weighted by molar-refractivity contribution is 0.582. The lowest BCUT2D eigenvalue weighted by Gasteiger charge is -2.09. The molecule has 2 aromatic heterocycles. The lowest BCUT2D eigenvalue weighted by Crippen LogP contribution is -2.21. The van der Waals surface area contributed by atoms with Gasteiger partial charge in [-0.15, -0.1) is 0 Å². The molecule has 11 heteroatoms. The van der Waals surface area contributed by atoms with E-state index in [9.17, 15) is 13.6 Å². The Hall–Kier alpha value is -3.60. The summed E-state index contributed by atoms with van der Waals surface area (Å²) in [5.41, 5.74) is 13.2. The van der Waals surface area contributed by atoms with Gasteiger partial charge in [-0.25, -0.2) is 13.6 Å². The van der Waals surface area contributed by atoms with E-state index in [1.54, 1.807) is 43.5 Å². The molecule has 0 amide bonds. The van der Waals surface area contributed by atoms with E-state index in [1.807, 2.05) is 0 Å². The van der Waals surface area contributed by atoms with Crippen LogP contribution >= 0.6 is 11.6 Å². The molecule has 0 radical (unpaired) electrons. The smallest absolute Gasteiger partial charge is 0.354 e. The number of aliphatic imine (C=N–C) groups is 1. The average molecular weight is 556 g/mol. The van der Waals surface area contributed by atoms with Crippen molar-refractivity contribution < 1.29 is 8.78 Å². The maximum absolute atomic E-state index is 15.0. The highest BCUT2D eigenvalue weighted by Gasteiger charge is 2.16. The van der Waals surface area contributed by atoms with Crippen molar-refractivity contribution in [2.75, 3.05) is 19.6 Å². The van der Waals surface area contributed by atoms with Crippen molar-refractivity contribution >= 4 is 28.5 Å². The van der Waals surface area contributed by atoms with Crippen LogP contribution in [0.3, 0.4) is 0 Å². The predicted octanol–water partition coefficient (Wildman–Crippen LogP) is 4.45. The molecule has 0 aliphatic heterocycles. The van der Waals surface area contributed by atoms with E-state index in [2.05, 4.69) is 20.3 Å². The highest BCUT2D eigenvalue weighted by molar-refractivity contribution is 6.31. The lowest BCUT2D eigenvalue weighted by atomic mass is 10.0. The van der Waals surface area contributed by atoms with Crippen LogP contribution in [0.4, 0.5) is 8.78 Å². The topological polar surface area (TPSA) is 127 Å². The summed E-state index contributed by atoms with van der Waals surface area (Å²) in [5.74, 6) is -0.467. The third-order valence-corrected chi connectivity index (χ3v) is 6.58. The van der Waals surface area contributed by atoms with Crippen molar-refractivity contribution in [1.82, 2.24) is 19.9 Å². The summed E-state index contributed by atoms with van der Waals surface area (Å²) >= 11 is 6.17. The number of H-pyrrole nitrogens is 1. The zero-order chi connectivity index (χ0) is 27.9. The van der Waals surface area contributed by atoms with Crippen LogP contribution in [0.2, 0.25) is 5.02 Å². The highest BCUT2D eigenvalue weighted by Crippen LogP contribution is 2.31. The van der Waals surface area contributed by atoms with Gasteiger partial charge in [-0.2, -0.15) is 4.98 Å². The third-order valence-electron chi connectivity index (χ3n) is 6.31. The molecule has 4 aromatic rings. The molecule has 4 rings (SSSR count). The average Bonchev–Trinajstić information content (AvgIpc) is 3.30. The number of amidine groups is 1. The van der Waals surface area contributed by atoms with Gasteiger partial charge in [0.1, 0.15) is 11.5 Å². The molecule has 0 aliphatic carbocycles. The van der Waals surface area contributed by atoms with Crippen molar-refractivity contribution in [1.29, 1.82) is 0 Å². The van der Waals surface area contributed by atoms with Gasteiger partial charge in [-0.3, -0.25) is 9.56 Å². The number of nitrogens with one attached hydrogen (secondary N) is 2. The van der Waals surface area contributed by atoms with Crippen LogP contribution < -0.4 is 22.5 Å². The molecule has 2 aromatic carbocycles. The number of nitrogens with zero attached hydrogens (tertiary/aromatic N) is 3. The number of nitrogens with two attached hydrogens (primary N) is 2. The summed E-state index contributed by atoms with van der Waals surface area (Å²) < 4.78 is 31.1. The number of aromatic nitrogens is 3. The number of rotatable bonds is 12. The number of aryl methyl sites for hydroxylation is 1. The van der Waals surface area contributed by atoms with E-state index in [1.165, 1.54) is 10.6 Å². The van der Waals surface area contributed by atoms with E-state index in [0.717, 1.165) is 24.8 Å².